The SMILES string of the molecule is [2H]c1c([2H])c([2H])c(-n2c([2H])c(C)cc([2H])c2=O)c([2H])c1[2H]. The highest BCUT2D eigenvalue weighted by Crippen LogP contribution is 2.04. The van der Waals surface area contributed by atoms with Gasteiger partial charge in [-0.3, -0.25) is 9.36 Å². The molecule has 0 aliphatic heterocycles. The van der Waals surface area contributed by atoms with Crippen LogP contribution in [0.4, 0.5) is 0 Å². The lowest BCUT2D eigenvalue weighted by Crippen LogP contribution is -2.16. The fourth-order valence-electron chi connectivity index (χ4n) is 1.01. The van der Waals surface area contributed by atoms with E-state index in [0.29, 0.717) is 10.1 Å². The van der Waals surface area contributed by atoms with Crippen molar-refractivity contribution in [3.8, 4) is 5.69 Å². The number of hydrogen-bond donors (Lipinski definition) is 0. The maximum Gasteiger partial charge on any atom is 0.255 e. The van der Waals surface area contributed by atoms with Crippen molar-refractivity contribution in [2.24, 2.45) is 0 Å². The summed E-state index contributed by atoms with van der Waals surface area (Å²) in [7, 11) is 0. The number of aromatic nitrogens is 1. The summed E-state index contributed by atoms with van der Waals surface area (Å²) >= 11 is 0. The van der Waals surface area contributed by atoms with E-state index in [1.165, 1.54) is 13.0 Å². The fraction of sp³-hybridized carbons (Fsp3) is 0.0833. The number of para-hydroxylation sites is 1. The van der Waals surface area contributed by atoms with E-state index in [4.69, 9.17) is 9.60 Å². The van der Waals surface area contributed by atoms with Crippen LogP contribution in [0.2, 0.25) is 0 Å². The van der Waals surface area contributed by atoms with Crippen LogP contribution in [-0.4, -0.2) is 4.57 Å². The Balaban J connectivity index is 3.03. The van der Waals surface area contributed by atoms with Gasteiger partial charge in [0.05, 0.1) is 9.60 Å². The third-order valence-corrected chi connectivity index (χ3v) is 1.61. The zero-order chi connectivity index (χ0) is 16.1. The Hall–Kier alpha value is -1.83. The maximum atomic E-state index is 12.1. The van der Waals surface area contributed by atoms with Gasteiger partial charge in [0.1, 0.15) is 0 Å². The second-order valence-electron chi connectivity index (χ2n) is 2.70. The van der Waals surface area contributed by atoms with Gasteiger partial charge in [0.15, 0.2) is 0 Å². The van der Waals surface area contributed by atoms with Crippen LogP contribution in [0.1, 0.15) is 15.2 Å². The molecule has 0 aliphatic carbocycles. The van der Waals surface area contributed by atoms with E-state index in [-0.39, 0.29) is 6.17 Å². The van der Waals surface area contributed by atoms with Crippen molar-refractivity contribution < 1.29 is 9.60 Å². The predicted octanol–water partition coefficient (Wildman–Crippen LogP) is 2.15. The van der Waals surface area contributed by atoms with E-state index in [9.17, 15) is 4.79 Å². The molecule has 0 spiro atoms. The van der Waals surface area contributed by atoms with E-state index in [1.807, 2.05) is 0 Å². The van der Waals surface area contributed by atoms with Gasteiger partial charge in [-0.1, -0.05) is 24.2 Å². The Morgan fingerprint density at radius 1 is 1.21 bits per heavy atom. The number of nitrogens with zero attached hydrogens (tertiary/aromatic N) is 1. The van der Waals surface area contributed by atoms with Crippen molar-refractivity contribution in [2.45, 2.75) is 6.92 Å². The van der Waals surface area contributed by atoms with Crippen LogP contribution in [-0.2, 0) is 0 Å². The molecule has 1 heterocycles. The van der Waals surface area contributed by atoms with Crippen LogP contribution in [0.25, 0.3) is 5.69 Å². The van der Waals surface area contributed by atoms with Gasteiger partial charge in [0, 0.05) is 17.9 Å². The molecule has 0 radical (unpaired) electrons. The maximum absolute atomic E-state index is 12.1. The molecule has 1 aromatic carbocycles. The van der Waals surface area contributed by atoms with Crippen LogP contribution in [0.5, 0.6) is 0 Å². The van der Waals surface area contributed by atoms with Gasteiger partial charge in [-0.15, -0.1) is 0 Å². The fourth-order valence-corrected chi connectivity index (χ4v) is 1.01. The summed E-state index contributed by atoms with van der Waals surface area (Å²) in [4.78, 5) is 12.1. The second kappa shape index (κ2) is 3.50. The van der Waals surface area contributed by atoms with Crippen LogP contribution in [0.15, 0.2) is 53.3 Å². The molecule has 14 heavy (non-hydrogen) atoms. The summed E-state index contributed by atoms with van der Waals surface area (Å²) in [5.74, 6) is 0. The van der Waals surface area contributed by atoms with Crippen molar-refractivity contribution in [2.75, 3.05) is 0 Å². The summed E-state index contributed by atoms with van der Waals surface area (Å²) < 4.78 is 54.5. The first-order valence-electron chi connectivity index (χ1n) is 7.45. The van der Waals surface area contributed by atoms with Gasteiger partial charge in [-0.2, -0.15) is 0 Å². The zero-order valence-electron chi connectivity index (χ0n) is 14.4. The minimum Gasteiger partial charge on any atom is -0.284 e. The predicted molar refractivity (Wildman–Crippen MR) is 56.8 cm³/mol. The lowest BCUT2D eigenvalue weighted by atomic mass is 10.3. The van der Waals surface area contributed by atoms with E-state index < -0.39 is 47.5 Å². The minimum atomic E-state index is -0.899. The number of aryl methyl sites for hydroxylation is 1. The normalized spacial score (nSPS) is 17.1. The zero-order valence-corrected chi connectivity index (χ0v) is 7.43. The molecule has 2 nitrogen and oxygen atoms in total. The quantitative estimate of drug-likeness (QED) is 0.678. The smallest absolute Gasteiger partial charge is 0.255 e. The molecular weight excluding hydrogens is 174 g/mol. The Morgan fingerprint density at radius 3 is 2.64 bits per heavy atom. The Morgan fingerprint density at radius 2 is 1.93 bits per heavy atom. The summed E-state index contributed by atoms with van der Waals surface area (Å²) in [6.07, 6.45) is -0.311. The van der Waals surface area contributed by atoms with Gasteiger partial charge in [-0.25, -0.2) is 0 Å². The molecule has 0 bridgehead atoms. The Bertz CT molecular complexity index is 783. The third kappa shape index (κ3) is 1.59. The van der Waals surface area contributed by atoms with Crippen LogP contribution in [0, 0.1) is 6.92 Å². The summed E-state index contributed by atoms with van der Waals surface area (Å²) in [6, 6.07) is -2.13. The van der Waals surface area contributed by atoms with Gasteiger partial charge >= 0.3 is 0 Å². The van der Waals surface area contributed by atoms with Gasteiger partial charge in [0.25, 0.3) is 5.56 Å². The Kier molecular flexibility index (Phi) is 0.933. The third-order valence-electron chi connectivity index (χ3n) is 1.61. The van der Waals surface area contributed by atoms with Gasteiger partial charge in [-0.05, 0) is 24.6 Å². The first-order valence-corrected chi connectivity index (χ1v) is 3.95. The molecule has 2 heteroatoms. The highest BCUT2D eigenvalue weighted by atomic mass is 16.1. The lowest BCUT2D eigenvalue weighted by Gasteiger charge is -2.05. The molecule has 0 atom stereocenters. The molecule has 0 saturated heterocycles. The highest BCUT2D eigenvalue weighted by molar-refractivity contribution is 5.32. The monoisotopic (exact) mass is 192 g/mol. The van der Waals surface area contributed by atoms with Crippen molar-refractivity contribution in [1.82, 2.24) is 4.57 Å². The molecular formula is C12H11NO. The van der Waals surface area contributed by atoms with Crippen LogP contribution < -0.4 is 5.56 Å². The molecule has 0 saturated carbocycles. The van der Waals surface area contributed by atoms with Gasteiger partial charge in [0.2, 0.25) is 0 Å². The lowest BCUT2D eigenvalue weighted by molar-refractivity contribution is 0.976. The largest absolute Gasteiger partial charge is 0.284 e. The first kappa shape index (κ1) is 3.73. The molecule has 2 aromatic rings. The highest BCUT2D eigenvalue weighted by Gasteiger charge is 1.97. The molecule has 2 rings (SSSR count). The van der Waals surface area contributed by atoms with Crippen molar-refractivity contribution in [3.63, 3.8) is 0 Å². The summed E-state index contributed by atoms with van der Waals surface area (Å²) in [6.45, 7) is 1.51. The molecule has 1 aromatic heterocycles. The number of rotatable bonds is 1. The second-order valence-corrected chi connectivity index (χ2v) is 2.70. The van der Waals surface area contributed by atoms with E-state index in [0.717, 1.165) is 0 Å². The average molecular weight is 192 g/mol. The molecule has 0 N–H and O–H groups in total. The van der Waals surface area contributed by atoms with Gasteiger partial charge < -0.3 is 0 Å². The Labute approximate surface area is 92.3 Å². The van der Waals surface area contributed by atoms with Crippen molar-refractivity contribution >= 4 is 0 Å². The summed E-state index contributed by atoms with van der Waals surface area (Å²) in [5.41, 5.74) is -1.01. The van der Waals surface area contributed by atoms with E-state index in [1.54, 1.807) is 0 Å². The molecule has 0 aliphatic rings. The first-order chi connectivity index (χ1) is 9.68. The average Bonchev–Trinajstić information content (AvgIpc) is 2.44. The van der Waals surface area contributed by atoms with E-state index >= 15 is 0 Å². The standard InChI is InChI=1S/C12H11NO/c1-10-7-8-12(14)13(9-10)11-5-3-2-4-6-11/h2-9H,1H3/i2D,3D,4D,5D,6D,8D,9D. The van der Waals surface area contributed by atoms with Crippen molar-refractivity contribution in [3.05, 3.63) is 64.4 Å². The molecule has 0 amide bonds. The molecule has 0 unspecified atom stereocenters. The van der Waals surface area contributed by atoms with Crippen LogP contribution in [0.3, 0.4) is 0 Å². The van der Waals surface area contributed by atoms with E-state index in [2.05, 4.69) is 0 Å². The number of benzene rings is 1. The molecule has 70 valence electrons. The summed E-state index contributed by atoms with van der Waals surface area (Å²) in [5, 5.41) is 0. The van der Waals surface area contributed by atoms with Crippen molar-refractivity contribution in [1.29, 1.82) is 0 Å². The minimum absolute atomic E-state index is 0.298. The number of hydrogen-bond acceptors (Lipinski definition) is 1. The molecule has 0 fully saturated rings. The topological polar surface area (TPSA) is 22.0 Å². The number of pyridine rings is 1. The van der Waals surface area contributed by atoms with Crippen LogP contribution >= 0.6 is 0 Å².